The predicted molar refractivity (Wildman–Crippen MR) is 136 cm³/mol. The molecule has 2 unspecified atom stereocenters. The van der Waals surface area contributed by atoms with Crippen molar-refractivity contribution in [3.05, 3.63) is 59.7 Å². The van der Waals surface area contributed by atoms with Crippen molar-refractivity contribution in [1.29, 1.82) is 0 Å². The van der Waals surface area contributed by atoms with Crippen LogP contribution in [0, 0.1) is 0 Å². The van der Waals surface area contributed by atoms with Crippen molar-refractivity contribution in [3.8, 4) is 11.5 Å². The van der Waals surface area contributed by atoms with Gasteiger partial charge in [0.05, 0.1) is 26.8 Å². The first-order valence-electron chi connectivity index (χ1n) is 9.73. The molecule has 0 heterocycles. The lowest BCUT2D eigenvalue weighted by Gasteiger charge is -2.20. The molecule has 0 saturated carbocycles. The molecule has 2 aromatic carbocycles. The van der Waals surface area contributed by atoms with Gasteiger partial charge in [-0.15, -0.1) is 24.0 Å². The predicted octanol–water partition coefficient (Wildman–Crippen LogP) is 3.89. The summed E-state index contributed by atoms with van der Waals surface area (Å²) in [6.45, 7) is 5.27. The molecule has 0 aromatic heterocycles. The smallest absolute Gasteiger partial charge is 0.191 e. The van der Waals surface area contributed by atoms with Gasteiger partial charge in [0, 0.05) is 34.4 Å². The van der Waals surface area contributed by atoms with E-state index in [2.05, 4.69) is 15.6 Å². The first-order chi connectivity index (χ1) is 14.1. The number of guanidine groups is 1. The third kappa shape index (κ3) is 8.51. The minimum absolute atomic E-state index is 0. The molecule has 166 valence electrons. The van der Waals surface area contributed by atoms with E-state index in [1.54, 1.807) is 14.2 Å². The summed E-state index contributed by atoms with van der Waals surface area (Å²) >= 11 is 0. The Bertz CT molecular complexity index is 819. The maximum absolute atomic E-state index is 12.3. The molecule has 2 N–H and O–H groups in total. The first kappa shape index (κ1) is 26.2. The van der Waals surface area contributed by atoms with E-state index in [1.807, 2.05) is 62.4 Å². The van der Waals surface area contributed by atoms with Gasteiger partial charge in [0.1, 0.15) is 11.5 Å². The topological polar surface area (TPSA) is 72.0 Å². The Labute approximate surface area is 199 Å². The normalized spacial score (nSPS) is 13.0. The number of ether oxygens (including phenoxy) is 2. The fourth-order valence-electron chi connectivity index (χ4n) is 2.87. The minimum atomic E-state index is -0.949. The average molecular weight is 545 g/mol. The van der Waals surface area contributed by atoms with Crippen LogP contribution in [0.2, 0.25) is 0 Å². The lowest BCUT2D eigenvalue weighted by Crippen LogP contribution is -2.39. The largest absolute Gasteiger partial charge is 0.497 e. The van der Waals surface area contributed by atoms with Gasteiger partial charge in [-0.1, -0.05) is 30.3 Å². The molecule has 0 amide bonds. The SMILES string of the molecule is CCNC(=NCCS(=O)Cc1ccccc1)NC(C)c1cc(OC)ccc1OC.I. The van der Waals surface area contributed by atoms with Crippen LogP contribution in [0.25, 0.3) is 0 Å². The Morgan fingerprint density at radius 2 is 1.87 bits per heavy atom. The van der Waals surface area contributed by atoms with Crippen LogP contribution in [0.3, 0.4) is 0 Å². The van der Waals surface area contributed by atoms with Gasteiger partial charge in [-0.2, -0.15) is 0 Å². The molecule has 0 aliphatic heterocycles. The molecule has 0 bridgehead atoms. The molecular formula is C22H32IN3O3S. The first-order valence-corrected chi connectivity index (χ1v) is 11.2. The quantitative estimate of drug-likeness (QED) is 0.270. The van der Waals surface area contributed by atoms with Gasteiger partial charge in [-0.25, -0.2) is 0 Å². The second-order valence-corrected chi connectivity index (χ2v) is 8.09. The summed E-state index contributed by atoms with van der Waals surface area (Å²) < 4.78 is 23.1. The molecule has 0 saturated heterocycles. The molecule has 6 nitrogen and oxygen atoms in total. The highest BCUT2D eigenvalue weighted by atomic mass is 127. The molecule has 0 spiro atoms. The van der Waals surface area contributed by atoms with Gasteiger partial charge < -0.3 is 20.1 Å². The van der Waals surface area contributed by atoms with E-state index in [0.717, 1.165) is 29.2 Å². The van der Waals surface area contributed by atoms with Crippen LogP contribution < -0.4 is 20.1 Å². The number of methoxy groups -OCH3 is 2. The fourth-order valence-corrected chi connectivity index (χ4v) is 3.88. The van der Waals surface area contributed by atoms with Crippen LogP contribution in [-0.4, -0.2) is 43.2 Å². The summed E-state index contributed by atoms with van der Waals surface area (Å²) in [5.41, 5.74) is 2.06. The van der Waals surface area contributed by atoms with Crippen LogP contribution >= 0.6 is 24.0 Å². The van der Waals surface area contributed by atoms with E-state index in [4.69, 9.17) is 9.47 Å². The minimum Gasteiger partial charge on any atom is -0.497 e. The molecule has 0 aliphatic rings. The van der Waals surface area contributed by atoms with Crippen molar-refractivity contribution in [2.75, 3.05) is 33.1 Å². The Balaban J connectivity index is 0.00000450. The summed E-state index contributed by atoms with van der Waals surface area (Å²) in [4.78, 5) is 4.59. The van der Waals surface area contributed by atoms with Crippen molar-refractivity contribution in [1.82, 2.24) is 10.6 Å². The van der Waals surface area contributed by atoms with Gasteiger partial charge in [0.2, 0.25) is 0 Å². The summed E-state index contributed by atoms with van der Waals surface area (Å²) in [6, 6.07) is 15.6. The molecule has 0 radical (unpaired) electrons. The third-order valence-corrected chi connectivity index (χ3v) is 5.65. The van der Waals surface area contributed by atoms with Crippen molar-refractivity contribution < 1.29 is 13.7 Å². The highest BCUT2D eigenvalue weighted by Crippen LogP contribution is 2.29. The average Bonchev–Trinajstić information content (AvgIpc) is 2.74. The summed E-state index contributed by atoms with van der Waals surface area (Å²) in [5, 5.41) is 6.63. The van der Waals surface area contributed by atoms with Crippen LogP contribution in [0.5, 0.6) is 11.5 Å². The van der Waals surface area contributed by atoms with E-state index in [0.29, 0.717) is 24.0 Å². The highest BCUT2D eigenvalue weighted by molar-refractivity contribution is 14.0. The number of rotatable bonds is 10. The Hall–Kier alpha value is -1.81. The van der Waals surface area contributed by atoms with E-state index in [9.17, 15) is 4.21 Å². The van der Waals surface area contributed by atoms with Crippen molar-refractivity contribution in [2.24, 2.45) is 4.99 Å². The van der Waals surface area contributed by atoms with Crippen molar-refractivity contribution >= 4 is 40.7 Å². The number of aliphatic imine (C=N–C) groups is 1. The summed E-state index contributed by atoms with van der Waals surface area (Å²) in [5.74, 6) is 3.31. The van der Waals surface area contributed by atoms with Crippen LogP contribution in [0.1, 0.15) is 31.0 Å². The number of benzene rings is 2. The molecule has 0 fully saturated rings. The standard InChI is InChI=1S/C22H31N3O3S.HI/c1-5-23-22(24-13-14-29(26)16-18-9-7-6-8-10-18)25-17(2)20-15-19(27-3)11-12-21(20)28-4;/h6-12,15,17H,5,13-14,16H2,1-4H3,(H2,23,24,25);1H. The maximum Gasteiger partial charge on any atom is 0.191 e. The maximum atomic E-state index is 12.3. The number of nitrogens with one attached hydrogen (secondary N) is 2. The van der Waals surface area contributed by atoms with Gasteiger partial charge in [0.15, 0.2) is 5.96 Å². The number of halogens is 1. The zero-order valence-corrected chi connectivity index (χ0v) is 21.2. The Morgan fingerprint density at radius 1 is 1.13 bits per heavy atom. The Kier molecular flexibility index (Phi) is 12.4. The zero-order chi connectivity index (χ0) is 21.1. The second kappa shape index (κ2) is 14.2. The second-order valence-electron chi connectivity index (χ2n) is 6.51. The van der Waals surface area contributed by atoms with Gasteiger partial charge in [-0.3, -0.25) is 9.20 Å². The molecule has 2 rings (SSSR count). The molecule has 30 heavy (non-hydrogen) atoms. The molecule has 8 heteroatoms. The molecule has 0 aliphatic carbocycles. The van der Waals surface area contributed by atoms with Crippen LogP contribution in [0.4, 0.5) is 0 Å². The van der Waals surface area contributed by atoms with E-state index in [-0.39, 0.29) is 30.0 Å². The number of nitrogens with zero attached hydrogens (tertiary/aromatic N) is 1. The summed E-state index contributed by atoms with van der Waals surface area (Å²) in [6.07, 6.45) is 0. The van der Waals surface area contributed by atoms with E-state index < -0.39 is 10.8 Å². The molecule has 2 atom stereocenters. The van der Waals surface area contributed by atoms with Crippen molar-refractivity contribution in [3.63, 3.8) is 0 Å². The zero-order valence-electron chi connectivity index (χ0n) is 18.0. The van der Waals surface area contributed by atoms with Gasteiger partial charge >= 0.3 is 0 Å². The molecule has 2 aromatic rings. The van der Waals surface area contributed by atoms with Crippen molar-refractivity contribution in [2.45, 2.75) is 25.6 Å². The molecular weight excluding hydrogens is 513 g/mol. The Morgan fingerprint density at radius 3 is 2.50 bits per heavy atom. The van der Waals surface area contributed by atoms with Crippen LogP contribution in [-0.2, 0) is 16.6 Å². The fraction of sp³-hybridized carbons (Fsp3) is 0.409. The lowest BCUT2D eigenvalue weighted by molar-refractivity contribution is 0.394. The highest BCUT2D eigenvalue weighted by Gasteiger charge is 2.14. The number of hydrogen-bond acceptors (Lipinski definition) is 4. The van der Waals surface area contributed by atoms with E-state index >= 15 is 0 Å². The van der Waals surface area contributed by atoms with Crippen LogP contribution in [0.15, 0.2) is 53.5 Å². The third-order valence-electron chi connectivity index (χ3n) is 4.36. The van der Waals surface area contributed by atoms with Gasteiger partial charge in [0.25, 0.3) is 0 Å². The monoisotopic (exact) mass is 545 g/mol. The van der Waals surface area contributed by atoms with E-state index in [1.165, 1.54) is 0 Å². The number of hydrogen-bond donors (Lipinski definition) is 2. The summed E-state index contributed by atoms with van der Waals surface area (Å²) in [7, 11) is 2.35. The lowest BCUT2D eigenvalue weighted by atomic mass is 10.1. The van der Waals surface area contributed by atoms with Gasteiger partial charge in [-0.05, 0) is 37.6 Å².